The van der Waals surface area contributed by atoms with E-state index in [-0.39, 0.29) is 115 Å². The molecule has 0 fully saturated rings. The van der Waals surface area contributed by atoms with E-state index in [1.165, 1.54) is 11.8 Å². The number of thiol groups is 1. The van der Waals surface area contributed by atoms with Crippen molar-refractivity contribution in [2.24, 2.45) is 0 Å². The number of aliphatic hydroxyl groups is 6. The van der Waals surface area contributed by atoms with E-state index < -0.39 is 6.10 Å². The number of rotatable bonds is 14. The SMILES string of the molecule is OCCS.OCCSCC(O)CCl.OCCSCC(O)CSCCO.[Cl-].[Na+].[Na+].[OH-]. The van der Waals surface area contributed by atoms with Gasteiger partial charge in [-0.2, -0.15) is 47.9 Å². The summed E-state index contributed by atoms with van der Waals surface area (Å²) in [6, 6.07) is 0. The van der Waals surface area contributed by atoms with Gasteiger partial charge < -0.3 is 48.5 Å². The van der Waals surface area contributed by atoms with Crippen LogP contribution >= 0.6 is 59.5 Å². The summed E-state index contributed by atoms with van der Waals surface area (Å²) >= 11 is 13.6. The summed E-state index contributed by atoms with van der Waals surface area (Å²) in [5.41, 5.74) is 0. The molecular formula is C14H34Cl2Na2O7S4. The fourth-order valence-corrected chi connectivity index (χ4v) is 3.39. The van der Waals surface area contributed by atoms with E-state index in [0.717, 1.165) is 0 Å². The minimum atomic E-state index is -0.428. The molecule has 7 N–H and O–H groups in total. The molecule has 0 aliphatic rings. The molecular weight excluding hydrogens is 525 g/mol. The Labute approximate surface area is 249 Å². The van der Waals surface area contributed by atoms with Gasteiger partial charge in [0.25, 0.3) is 0 Å². The van der Waals surface area contributed by atoms with Crippen molar-refractivity contribution in [3.05, 3.63) is 0 Å². The van der Waals surface area contributed by atoms with Crippen molar-refractivity contribution in [1.29, 1.82) is 0 Å². The summed E-state index contributed by atoms with van der Waals surface area (Å²) in [5, 5.41) is 51.2. The number of aliphatic hydroxyl groups excluding tert-OH is 6. The number of hydrogen-bond donors (Lipinski definition) is 7. The van der Waals surface area contributed by atoms with E-state index in [0.29, 0.717) is 40.3 Å². The Bertz CT molecular complexity index is 228. The van der Waals surface area contributed by atoms with Crippen LogP contribution in [0.4, 0.5) is 0 Å². The third-order valence-corrected chi connectivity index (χ3v) is 5.75. The molecule has 0 saturated carbocycles. The molecule has 0 spiro atoms. The average Bonchev–Trinajstić information content (AvgIpc) is 2.63. The number of halogens is 2. The fourth-order valence-electron chi connectivity index (χ4n) is 0.944. The third-order valence-electron chi connectivity index (χ3n) is 1.92. The first-order valence-electron chi connectivity index (χ1n) is 7.73. The molecule has 0 radical (unpaired) electrons. The van der Waals surface area contributed by atoms with E-state index in [1.807, 2.05) is 0 Å². The van der Waals surface area contributed by atoms with Gasteiger partial charge >= 0.3 is 59.1 Å². The molecule has 0 aliphatic carbocycles. The summed E-state index contributed by atoms with van der Waals surface area (Å²) < 4.78 is 0. The van der Waals surface area contributed by atoms with Crippen molar-refractivity contribution in [3.63, 3.8) is 0 Å². The Kier molecular flexibility index (Phi) is 84.0. The van der Waals surface area contributed by atoms with E-state index in [4.69, 9.17) is 37.1 Å². The van der Waals surface area contributed by atoms with Gasteiger partial charge in [-0.1, -0.05) is 0 Å². The zero-order valence-corrected chi connectivity index (χ0v) is 26.1. The molecule has 172 valence electrons. The van der Waals surface area contributed by atoms with Crippen molar-refractivity contribution in [2.45, 2.75) is 12.2 Å². The Morgan fingerprint density at radius 1 is 0.690 bits per heavy atom. The topological polar surface area (TPSA) is 151 Å². The predicted octanol–water partition coefficient (Wildman–Crippen LogP) is -9.15. The van der Waals surface area contributed by atoms with Crippen LogP contribution in [0.1, 0.15) is 0 Å². The molecule has 0 aromatic heterocycles. The van der Waals surface area contributed by atoms with Crippen LogP contribution in [0.25, 0.3) is 0 Å². The van der Waals surface area contributed by atoms with Gasteiger partial charge in [-0.3, -0.25) is 0 Å². The minimum absolute atomic E-state index is 0. The van der Waals surface area contributed by atoms with Gasteiger partial charge in [0.15, 0.2) is 0 Å². The normalized spacial score (nSPS) is 9.83. The van der Waals surface area contributed by atoms with Gasteiger partial charge in [0.1, 0.15) is 0 Å². The second-order valence-electron chi connectivity index (χ2n) is 4.30. The zero-order valence-electron chi connectivity index (χ0n) is 17.2. The van der Waals surface area contributed by atoms with Gasteiger partial charge in [-0.25, -0.2) is 0 Å². The van der Waals surface area contributed by atoms with Crippen LogP contribution in [0.3, 0.4) is 0 Å². The first-order chi connectivity index (χ1) is 12.0. The van der Waals surface area contributed by atoms with Crippen LogP contribution in [0, 0.1) is 0 Å². The van der Waals surface area contributed by atoms with Crippen molar-refractivity contribution in [1.82, 2.24) is 0 Å². The predicted molar refractivity (Wildman–Crippen MR) is 119 cm³/mol. The van der Waals surface area contributed by atoms with Crippen LogP contribution in [-0.2, 0) is 0 Å². The molecule has 0 bridgehead atoms. The standard InChI is InChI=1S/C7H16O3S2.C5H11ClO2S.C2H6OS.ClH.2Na.H2O/c8-1-3-11-5-7(10)6-12-4-2-9;6-3-5(8)4-9-2-1-7;3-1-2-4;;;;/h7-10H,1-6H2;5,7-8H,1-4H2;3-4H,1-2H2;1H;;;1H2/q;;;;2*+1;/p-2. The monoisotopic (exact) mass is 558 g/mol. The molecule has 0 amide bonds. The van der Waals surface area contributed by atoms with E-state index in [2.05, 4.69) is 12.6 Å². The largest absolute Gasteiger partial charge is 1.00 e. The van der Waals surface area contributed by atoms with Crippen LogP contribution in [0.5, 0.6) is 0 Å². The second-order valence-corrected chi connectivity index (χ2v) is 8.51. The van der Waals surface area contributed by atoms with Crippen molar-refractivity contribution < 1.29 is 108 Å². The number of thioether (sulfide) groups is 3. The third kappa shape index (κ3) is 59.4. The molecule has 29 heavy (non-hydrogen) atoms. The molecule has 0 heterocycles. The molecule has 0 aromatic rings. The summed E-state index contributed by atoms with van der Waals surface area (Å²) in [6.45, 7) is 0.686. The van der Waals surface area contributed by atoms with E-state index in [9.17, 15) is 5.11 Å². The van der Waals surface area contributed by atoms with Crippen molar-refractivity contribution in [2.75, 3.05) is 72.6 Å². The molecule has 0 rings (SSSR count). The summed E-state index contributed by atoms with van der Waals surface area (Å²) in [4.78, 5) is 0. The Hall–Kier alpha value is 3.70. The fraction of sp³-hybridized carbons (Fsp3) is 1.00. The van der Waals surface area contributed by atoms with Crippen LogP contribution < -0.4 is 71.5 Å². The zero-order chi connectivity index (χ0) is 19.8. The van der Waals surface area contributed by atoms with Gasteiger partial charge in [0.05, 0.1) is 38.6 Å². The molecule has 1 atom stereocenters. The average molecular weight is 560 g/mol. The number of hydrogen-bond acceptors (Lipinski definition) is 11. The molecule has 0 aliphatic heterocycles. The maximum absolute atomic E-state index is 9.30. The summed E-state index contributed by atoms with van der Waals surface area (Å²) in [7, 11) is 0. The molecule has 0 saturated heterocycles. The quantitative estimate of drug-likeness (QED) is 0.0473. The van der Waals surface area contributed by atoms with Crippen molar-refractivity contribution >= 4 is 59.5 Å². The summed E-state index contributed by atoms with van der Waals surface area (Å²) in [5.74, 6) is 4.83. The van der Waals surface area contributed by atoms with Gasteiger partial charge in [0, 0.05) is 46.1 Å². The Morgan fingerprint density at radius 3 is 1.17 bits per heavy atom. The van der Waals surface area contributed by atoms with E-state index in [1.54, 1.807) is 23.5 Å². The van der Waals surface area contributed by atoms with Gasteiger partial charge in [0.2, 0.25) is 0 Å². The van der Waals surface area contributed by atoms with Crippen LogP contribution in [0.2, 0.25) is 0 Å². The first kappa shape index (κ1) is 49.8. The van der Waals surface area contributed by atoms with Crippen molar-refractivity contribution in [3.8, 4) is 0 Å². The second kappa shape index (κ2) is 49.0. The van der Waals surface area contributed by atoms with Gasteiger partial charge in [-0.05, 0) is 0 Å². The minimum Gasteiger partial charge on any atom is -1.00 e. The Balaban J connectivity index is -0.0000000514. The smallest absolute Gasteiger partial charge is 1.00 e. The molecule has 7 nitrogen and oxygen atoms in total. The number of alkyl halides is 1. The summed E-state index contributed by atoms with van der Waals surface area (Å²) in [6.07, 6.45) is -0.749. The Morgan fingerprint density at radius 2 is 0.966 bits per heavy atom. The first-order valence-corrected chi connectivity index (χ1v) is 12.4. The molecule has 0 aromatic carbocycles. The molecule has 1 unspecified atom stereocenters. The molecule has 15 heteroatoms. The maximum Gasteiger partial charge on any atom is 1.00 e. The van der Waals surface area contributed by atoms with Crippen LogP contribution in [-0.4, -0.2) is 121 Å². The maximum atomic E-state index is 9.30. The van der Waals surface area contributed by atoms with Crippen LogP contribution in [0.15, 0.2) is 0 Å². The van der Waals surface area contributed by atoms with E-state index >= 15 is 0 Å². The van der Waals surface area contributed by atoms with Gasteiger partial charge in [-0.15, -0.1) is 11.6 Å².